The summed E-state index contributed by atoms with van der Waals surface area (Å²) in [6.45, 7) is 0. The molecule has 6 heteroatoms. The Morgan fingerprint density at radius 2 is 2.33 bits per heavy atom. The van der Waals surface area contributed by atoms with Crippen molar-refractivity contribution in [3.8, 4) is 0 Å². The second-order valence-electron chi connectivity index (χ2n) is 5.40. The van der Waals surface area contributed by atoms with Crippen LogP contribution in [0, 0.1) is 0 Å². The molecule has 106 valence electrons. The van der Waals surface area contributed by atoms with Gasteiger partial charge in [0.25, 0.3) is 5.56 Å². The van der Waals surface area contributed by atoms with Crippen LogP contribution in [0.15, 0.2) is 35.4 Å². The molecule has 0 bridgehead atoms. The van der Waals surface area contributed by atoms with Crippen molar-refractivity contribution in [3.05, 3.63) is 52.2 Å². The number of aromatic nitrogens is 4. The fraction of sp³-hybridized carbons (Fsp3) is 0.267. The van der Waals surface area contributed by atoms with Crippen LogP contribution < -0.4 is 10.9 Å². The first-order valence-electron chi connectivity index (χ1n) is 7.05. The highest BCUT2D eigenvalue weighted by atomic mass is 16.1. The molecule has 3 N–H and O–H groups in total. The molecule has 3 aromatic heterocycles. The van der Waals surface area contributed by atoms with Crippen molar-refractivity contribution in [3.63, 3.8) is 0 Å². The Balaban J connectivity index is 1.68. The number of pyridine rings is 2. The van der Waals surface area contributed by atoms with E-state index in [1.54, 1.807) is 12.3 Å². The van der Waals surface area contributed by atoms with Crippen LogP contribution in [0.2, 0.25) is 0 Å². The molecule has 3 heterocycles. The molecule has 0 saturated heterocycles. The summed E-state index contributed by atoms with van der Waals surface area (Å²) in [5.74, 6) is 0. The molecule has 0 saturated carbocycles. The first-order chi connectivity index (χ1) is 10.3. The van der Waals surface area contributed by atoms with Gasteiger partial charge in [0.1, 0.15) is 5.65 Å². The normalized spacial score (nSPS) is 17.6. The van der Waals surface area contributed by atoms with E-state index in [1.807, 2.05) is 18.3 Å². The number of H-pyrrole nitrogens is 2. The average molecular weight is 281 g/mol. The maximum Gasteiger partial charge on any atom is 0.251 e. The van der Waals surface area contributed by atoms with Gasteiger partial charge in [-0.15, -0.1) is 0 Å². The van der Waals surface area contributed by atoms with E-state index in [4.69, 9.17) is 0 Å². The van der Waals surface area contributed by atoms with Gasteiger partial charge in [-0.3, -0.25) is 9.89 Å². The van der Waals surface area contributed by atoms with Crippen LogP contribution in [0.25, 0.3) is 11.0 Å². The first-order valence-corrected chi connectivity index (χ1v) is 7.05. The lowest BCUT2D eigenvalue weighted by molar-refractivity contribution is 0.605. The molecular formula is C15H15N5O. The topological polar surface area (TPSA) is 86.5 Å². The smallest absolute Gasteiger partial charge is 0.251 e. The monoisotopic (exact) mass is 281 g/mol. The Hall–Kier alpha value is -2.63. The third-order valence-electron chi connectivity index (χ3n) is 3.99. The molecule has 0 fully saturated rings. The quantitative estimate of drug-likeness (QED) is 0.666. The average Bonchev–Trinajstić information content (AvgIpc) is 2.94. The fourth-order valence-electron chi connectivity index (χ4n) is 2.96. The number of nitrogens with one attached hydrogen (secondary N) is 3. The fourth-order valence-corrected chi connectivity index (χ4v) is 2.96. The zero-order valence-corrected chi connectivity index (χ0v) is 11.4. The summed E-state index contributed by atoms with van der Waals surface area (Å²) in [4.78, 5) is 18.7. The minimum Gasteiger partial charge on any atom is -0.381 e. The number of hydrogen-bond donors (Lipinski definition) is 3. The van der Waals surface area contributed by atoms with E-state index >= 15 is 0 Å². The van der Waals surface area contributed by atoms with Crippen LogP contribution in [0.1, 0.15) is 17.7 Å². The lowest BCUT2D eigenvalue weighted by atomic mass is 9.93. The Bertz CT molecular complexity index is 850. The SMILES string of the molecule is O=c1cc(NC2CCc3[nH]ncc3C2)c2cccnc2[nH]1. The summed E-state index contributed by atoms with van der Waals surface area (Å²) in [5, 5.41) is 11.6. The van der Waals surface area contributed by atoms with Gasteiger partial charge in [0.2, 0.25) is 0 Å². The van der Waals surface area contributed by atoms with Crippen molar-refractivity contribution in [2.24, 2.45) is 0 Å². The molecule has 3 aromatic rings. The second kappa shape index (κ2) is 4.73. The van der Waals surface area contributed by atoms with Crippen LogP contribution in [0.4, 0.5) is 5.69 Å². The van der Waals surface area contributed by atoms with Crippen LogP contribution in [-0.4, -0.2) is 26.2 Å². The molecule has 1 aliphatic carbocycles. The summed E-state index contributed by atoms with van der Waals surface area (Å²) in [6.07, 6.45) is 6.48. The Labute approximate surface area is 120 Å². The van der Waals surface area contributed by atoms with Crippen molar-refractivity contribution >= 4 is 16.7 Å². The van der Waals surface area contributed by atoms with E-state index in [0.29, 0.717) is 11.7 Å². The van der Waals surface area contributed by atoms with Crippen molar-refractivity contribution in [1.82, 2.24) is 20.2 Å². The first kappa shape index (κ1) is 12.1. The van der Waals surface area contributed by atoms with Gasteiger partial charge in [0.05, 0.1) is 11.9 Å². The van der Waals surface area contributed by atoms with Gasteiger partial charge in [-0.2, -0.15) is 5.10 Å². The molecule has 1 atom stereocenters. The Kier molecular flexibility index (Phi) is 2.73. The number of hydrogen-bond acceptors (Lipinski definition) is 4. The maximum absolute atomic E-state index is 11.8. The zero-order valence-electron chi connectivity index (χ0n) is 11.4. The van der Waals surface area contributed by atoms with E-state index in [9.17, 15) is 4.79 Å². The number of fused-ring (bicyclic) bond motifs is 2. The molecule has 21 heavy (non-hydrogen) atoms. The number of aromatic amines is 2. The Morgan fingerprint density at radius 3 is 3.29 bits per heavy atom. The summed E-state index contributed by atoms with van der Waals surface area (Å²) in [7, 11) is 0. The number of nitrogens with zero attached hydrogens (tertiary/aromatic N) is 2. The molecule has 1 unspecified atom stereocenters. The van der Waals surface area contributed by atoms with E-state index in [2.05, 4.69) is 25.5 Å². The lowest BCUT2D eigenvalue weighted by Crippen LogP contribution is -2.27. The van der Waals surface area contributed by atoms with Crippen molar-refractivity contribution < 1.29 is 0 Å². The van der Waals surface area contributed by atoms with Gasteiger partial charge in [-0.25, -0.2) is 4.98 Å². The maximum atomic E-state index is 11.8. The largest absolute Gasteiger partial charge is 0.381 e. The molecule has 0 aliphatic heterocycles. The molecule has 1 aliphatic rings. The van der Waals surface area contributed by atoms with E-state index < -0.39 is 0 Å². The molecule has 4 rings (SSSR count). The molecule has 0 aromatic carbocycles. The predicted octanol–water partition coefficient (Wildman–Crippen LogP) is 1.62. The minimum absolute atomic E-state index is 0.136. The highest BCUT2D eigenvalue weighted by Crippen LogP contribution is 2.24. The van der Waals surface area contributed by atoms with Crippen LogP contribution in [0.5, 0.6) is 0 Å². The van der Waals surface area contributed by atoms with Gasteiger partial charge in [0, 0.05) is 29.4 Å². The van der Waals surface area contributed by atoms with Crippen LogP contribution >= 0.6 is 0 Å². The molecular weight excluding hydrogens is 266 g/mol. The highest BCUT2D eigenvalue weighted by molar-refractivity contribution is 5.88. The highest BCUT2D eigenvalue weighted by Gasteiger charge is 2.20. The van der Waals surface area contributed by atoms with E-state index in [0.717, 1.165) is 30.3 Å². The van der Waals surface area contributed by atoms with E-state index in [1.165, 1.54) is 11.3 Å². The minimum atomic E-state index is -0.136. The zero-order chi connectivity index (χ0) is 14.2. The molecule has 6 nitrogen and oxygen atoms in total. The second-order valence-corrected chi connectivity index (χ2v) is 5.40. The van der Waals surface area contributed by atoms with Crippen molar-refractivity contribution in [2.45, 2.75) is 25.3 Å². The van der Waals surface area contributed by atoms with Gasteiger partial charge in [-0.1, -0.05) is 0 Å². The summed E-state index contributed by atoms with van der Waals surface area (Å²) in [6, 6.07) is 5.75. The van der Waals surface area contributed by atoms with E-state index in [-0.39, 0.29) is 5.56 Å². The number of aryl methyl sites for hydroxylation is 1. The summed E-state index contributed by atoms with van der Waals surface area (Å²) >= 11 is 0. The van der Waals surface area contributed by atoms with Crippen LogP contribution in [0.3, 0.4) is 0 Å². The van der Waals surface area contributed by atoms with Gasteiger partial charge in [-0.05, 0) is 37.0 Å². The third-order valence-corrected chi connectivity index (χ3v) is 3.99. The third kappa shape index (κ3) is 2.18. The number of anilines is 1. The number of rotatable bonds is 2. The van der Waals surface area contributed by atoms with Gasteiger partial charge < -0.3 is 10.3 Å². The predicted molar refractivity (Wildman–Crippen MR) is 80.4 cm³/mol. The molecule has 0 amide bonds. The van der Waals surface area contributed by atoms with Crippen LogP contribution in [-0.2, 0) is 12.8 Å². The van der Waals surface area contributed by atoms with Gasteiger partial charge in [0.15, 0.2) is 0 Å². The van der Waals surface area contributed by atoms with Crippen molar-refractivity contribution in [2.75, 3.05) is 5.32 Å². The van der Waals surface area contributed by atoms with Gasteiger partial charge >= 0.3 is 0 Å². The molecule has 0 spiro atoms. The Morgan fingerprint density at radius 1 is 1.38 bits per heavy atom. The van der Waals surface area contributed by atoms with Crippen molar-refractivity contribution in [1.29, 1.82) is 0 Å². The summed E-state index contributed by atoms with van der Waals surface area (Å²) in [5.41, 5.74) is 3.81. The summed E-state index contributed by atoms with van der Waals surface area (Å²) < 4.78 is 0. The lowest BCUT2D eigenvalue weighted by Gasteiger charge is -2.24. The standard InChI is InChI=1S/C15H15N5O/c21-14-7-13(11-2-1-5-16-15(11)19-14)18-10-3-4-12-9(6-10)8-17-20-12/h1-2,5,7-8,10H,3-4,6H2,(H,17,20)(H2,16,18,19,21). The molecule has 0 radical (unpaired) electrons.